The molecule has 3 N–H and O–H groups in total. The van der Waals surface area contributed by atoms with E-state index in [1.54, 1.807) is 20.8 Å². The van der Waals surface area contributed by atoms with E-state index in [-0.39, 0.29) is 12.1 Å². The molecule has 9 nitrogen and oxygen atoms in total. The molecule has 3 heterocycles. The molecule has 1 fully saturated rings. The molecule has 1 aliphatic rings. The molecule has 2 amide bonds. The van der Waals surface area contributed by atoms with Crippen molar-refractivity contribution >= 4 is 28.7 Å². The maximum Gasteiger partial charge on any atom is 0.408 e. The lowest BCUT2D eigenvalue weighted by atomic mass is 10.0. The molecule has 2 aromatic heterocycles. The van der Waals surface area contributed by atoms with Crippen molar-refractivity contribution < 1.29 is 27.5 Å². The number of ether oxygens (including phenoxy) is 1. The van der Waals surface area contributed by atoms with E-state index >= 15 is 0 Å². The number of nitrogens with one attached hydrogen (secondary N) is 3. The van der Waals surface area contributed by atoms with Gasteiger partial charge in [-0.3, -0.25) is 9.78 Å². The van der Waals surface area contributed by atoms with Crippen LogP contribution in [0.4, 0.5) is 23.7 Å². The van der Waals surface area contributed by atoms with Crippen molar-refractivity contribution in [2.45, 2.75) is 71.3 Å². The van der Waals surface area contributed by atoms with Crippen LogP contribution in [0.2, 0.25) is 0 Å². The van der Waals surface area contributed by atoms with Crippen LogP contribution in [0.15, 0.2) is 30.6 Å². The summed E-state index contributed by atoms with van der Waals surface area (Å²) < 4.78 is 45.2. The third-order valence-corrected chi connectivity index (χ3v) is 6.56. The van der Waals surface area contributed by atoms with E-state index in [0.717, 1.165) is 23.5 Å². The summed E-state index contributed by atoms with van der Waals surface area (Å²) in [5, 5.41) is 4.95. The number of nitrogens with zero attached hydrogens (tertiary/aromatic N) is 3. The summed E-state index contributed by atoms with van der Waals surface area (Å²) in [6.45, 7) is 10.6. The van der Waals surface area contributed by atoms with E-state index in [1.807, 2.05) is 42.3 Å². The number of halogens is 3. The molecule has 1 aromatic carbocycles. The number of H-pyrrole nitrogens is 1. The first kappa shape index (κ1) is 28.2. The lowest BCUT2D eigenvalue weighted by Gasteiger charge is -2.30. The number of carbonyl (C=O) groups is 2. The van der Waals surface area contributed by atoms with Crippen molar-refractivity contribution in [3.05, 3.63) is 41.7 Å². The highest BCUT2D eigenvalue weighted by atomic mass is 19.4. The van der Waals surface area contributed by atoms with E-state index < -0.39 is 35.4 Å². The van der Waals surface area contributed by atoms with E-state index in [2.05, 4.69) is 15.3 Å². The number of imidazole rings is 1. The van der Waals surface area contributed by atoms with E-state index in [0.29, 0.717) is 30.0 Å². The zero-order valence-corrected chi connectivity index (χ0v) is 22.8. The van der Waals surface area contributed by atoms with Gasteiger partial charge in [-0.1, -0.05) is 12.1 Å². The molecular formula is C27H33F3N6O3. The van der Waals surface area contributed by atoms with Gasteiger partial charge < -0.3 is 25.3 Å². The maximum atomic E-state index is 13.3. The first-order valence-electron chi connectivity index (χ1n) is 12.6. The van der Waals surface area contributed by atoms with Crippen LogP contribution in [0.5, 0.6) is 0 Å². The molecule has 12 heteroatoms. The second-order valence-electron chi connectivity index (χ2n) is 11.2. The Balaban J connectivity index is 1.75. The number of aromatic amines is 1. The molecule has 0 radical (unpaired) electrons. The fourth-order valence-corrected chi connectivity index (χ4v) is 4.60. The van der Waals surface area contributed by atoms with Gasteiger partial charge in [0.25, 0.3) is 5.91 Å². The lowest BCUT2D eigenvalue weighted by Crippen LogP contribution is -2.49. The number of benzene rings is 1. The summed E-state index contributed by atoms with van der Waals surface area (Å²) in [7, 11) is 0. The molecule has 3 aromatic rings. The van der Waals surface area contributed by atoms with Crippen molar-refractivity contribution in [2.75, 3.05) is 18.0 Å². The van der Waals surface area contributed by atoms with Gasteiger partial charge in [0.05, 0.1) is 33.4 Å². The average molecular weight is 547 g/mol. The molecule has 0 bridgehead atoms. The minimum atomic E-state index is -4.61. The first-order chi connectivity index (χ1) is 18.1. The zero-order valence-electron chi connectivity index (χ0n) is 22.8. The normalized spacial score (nSPS) is 18.7. The van der Waals surface area contributed by atoms with Crippen LogP contribution >= 0.6 is 0 Å². The second-order valence-corrected chi connectivity index (χ2v) is 11.2. The van der Waals surface area contributed by atoms with E-state index in [1.165, 1.54) is 12.4 Å². The molecule has 4 rings (SSSR count). The number of carbonyl (C=O) groups excluding carboxylic acids is 2. The first-order valence-corrected chi connectivity index (χ1v) is 12.6. The zero-order chi connectivity index (χ0) is 28.8. The number of pyridine rings is 1. The molecule has 0 aliphatic carbocycles. The van der Waals surface area contributed by atoms with Gasteiger partial charge >= 0.3 is 12.3 Å². The van der Waals surface area contributed by atoms with Gasteiger partial charge in [-0.15, -0.1) is 0 Å². The topological polar surface area (TPSA) is 112 Å². The maximum absolute atomic E-state index is 13.3. The molecule has 2 atom stereocenters. The summed E-state index contributed by atoms with van der Waals surface area (Å²) in [6.07, 6.45) is -1.90. The monoisotopic (exact) mass is 546 g/mol. The molecule has 39 heavy (non-hydrogen) atoms. The van der Waals surface area contributed by atoms with Gasteiger partial charge in [0.1, 0.15) is 17.5 Å². The predicted octanol–water partition coefficient (Wildman–Crippen LogP) is 5.11. The molecule has 1 aliphatic heterocycles. The molecule has 1 saturated heterocycles. The van der Waals surface area contributed by atoms with Crippen LogP contribution in [-0.2, 0) is 4.74 Å². The Morgan fingerprint density at radius 1 is 1.21 bits per heavy atom. The lowest BCUT2D eigenvalue weighted by molar-refractivity contribution is -0.149. The number of para-hydroxylation sites is 1. The Morgan fingerprint density at radius 3 is 2.56 bits per heavy atom. The van der Waals surface area contributed by atoms with Gasteiger partial charge in [-0.25, -0.2) is 9.78 Å². The summed E-state index contributed by atoms with van der Waals surface area (Å²) in [4.78, 5) is 39.7. The Labute approximate surface area is 224 Å². The van der Waals surface area contributed by atoms with Gasteiger partial charge in [0.15, 0.2) is 0 Å². The highest BCUT2D eigenvalue weighted by Gasteiger charge is 2.40. The number of fused-ring (bicyclic) bond motifs is 1. The van der Waals surface area contributed by atoms with Gasteiger partial charge in [0, 0.05) is 25.5 Å². The number of aryl methyl sites for hydroxylation is 1. The van der Waals surface area contributed by atoms with Crippen LogP contribution in [0.3, 0.4) is 0 Å². The number of aromatic nitrogens is 3. The second kappa shape index (κ2) is 10.0. The minimum absolute atomic E-state index is 0.0257. The van der Waals surface area contributed by atoms with Crippen molar-refractivity contribution in [1.29, 1.82) is 0 Å². The van der Waals surface area contributed by atoms with Gasteiger partial charge in [-0.2, -0.15) is 13.2 Å². The molecule has 210 valence electrons. The van der Waals surface area contributed by atoms with Gasteiger partial charge in [-0.05, 0) is 59.6 Å². The van der Waals surface area contributed by atoms with Crippen LogP contribution in [0.1, 0.15) is 57.0 Å². The number of anilines is 1. The fraction of sp³-hybridized carbons (Fsp3) is 0.481. The third kappa shape index (κ3) is 6.26. The number of hydrogen-bond acceptors (Lipinski definition) is 6. The summed E-state index contributed by atoms with van der Waals surface area (Å²) in [5.74, 6) is -0.487. The summed E-state index contributed by atoms with van der Waals surface area (Å²) in [5.41, 5.74) is 1.85. The fourth-order valence-electron chi connectivity index (χ4n) is 4.60. The summed E-state index contributed by atoms with van der Waals surface area (Å²) >= 11 is 0. The third-order valence-electron chi connectivity index (χ3n) is 6.56. The van der Waals surface area contributed by atoms with Gasteiger partial charge in [0.2, 0.25) is 0 Å². The number of alkyl halides is 3. The van der Waals surface area contributed by atoms with E-state index in [4.69, 9.17) is 9.72 Å². The number of rotatable bonds is 5. The Kier molecular flexibility index (Phi) is 7.26. The van der Waals surface area contributed by atoms with Crippen LogP contribution in [-0.4, -0.2) is 63.4 Å². The Morgan fingerprint density at radius 2 is 1.92 bits per heavy atom. The number of hydrogen-bond donors (Lipinski definition) is 3. The molecular weight excluding hydrogens is 513 g/mol. The average Bonchev–Trinajstić information content (AvgIpc) is 3.41. The van der Waals surface area contributed by atoms with Crippen molar-refractivity contribution in [1.82, 2.24) is 25.6 Å². The minimum Gasteiger partial charge on any atom is -0.444 e. The highest BCUT2D eigenvalue weighted by molar-refractivity contribution is 6.03. The molecule has 0 spiro atoms. The van der Waals surface area contributed by atoms with Crippen molar-refractivity contribution in [3.63, 3.8) is 0 Å². The number of alkyl carbamates (subject to hydrolysis) is 1. The van der Waals surface area contributed by atoms with Crippen LogP contribution in [0.25, 0.3) is 22.4 Å². The van der Waals surface area contributed by atoms with Crippen LogP contribution in [0, 0.1) is 6.92 Å². The smallest absolute Gasteiger partial charge is 0.408 e. The molecule has 0 saturated carbocycles. The van der Waals surface area contributed by atoms with E-state index in [9.17, 15) is 22.8 Å². The SMILES string of the molecule is Cc1cccc2[nH]c(-c3cncc(C(=O)NC(C)C(F)(F)F)c3N3CCC(C)(NC(=O)OC(C)(C)C)C3)nc12. The number of amides is 2. The Bertz CT molecular complexity index is 1400. The molecule has 2 unspecified atom stereocenters. The standard InChI is InChI=1S/C27H33F3N6O3/c1-15-8-7-9-19-20(15)34-22(33-19)17-12-31-13-18(23(37)32-16(2)27(28,29)30)21(17)36-11-10-26(6,14-36)35-24(38)39-25(3,4)5/h7-9,12-13,16H,10-11,14H2,1-6H3,(H,32,37)(H,33,34)(H,35,38). The largest absolute Gasteiger partial charge is 0.444 e. The van der Waals surface area contributed by atoms with Crippen molar-refractivity contribution in [3.8, 4) is 11.4 Å². The highest BCUT2D eigenvalue weighted by Crippen LogP contribution is 2.37. The van der Waals surface area contributed by atoms with Crippen LogP contribution < -0.4 is 15.5 Å². The predicted molar refractivity (Wildman–Crippen MR) is 142 cm³/mol. The van der Waals surface area contributed by atoms with Crippen molar-refractivity contribution in [2.24, 2.45) is 0 Å². The summed E-state index contributed by atoms with van der Waals surface area (Å²) in [6, 6.07) is 3.61. The Hall–Kier alpha value is -3.83. The quantitative estimate of drug-likeness (QED) is 0.410.